The highest BCUT2D eigenvalue weighted by Crippen LogP contribution is 2.35. The number of anilines is 1. The molecule has 2 aromatic carbocycles. The summed E-state index contributed by atoms with van der Waals surface area (Å²) in [6.07, 6.45) is 0.893. The van der Waals surface area contributed by atoms with Crippen molar-refractivity contribution in [3.63, 3.8) is 0 Å². The molecule has 0 fully saturated rings. The fraction of sp³-hybridized carbons (Fsp3) is 0.167. The van der Waals surface area contributed by atoms with Crippen LogP contribution in [0.25, 0.3) is 16.9 Å². The van der Waals surface area contributed by atoms with Gasteiger partial charge in [-0.15, -0.1) is 0 Å². The van der Waals surface area contributed by atoms with Crippen LogP contribution in [0.2, 0.25) is 0 Å². The number of nitrogens with zero attached hydrogens (tertiary/aromatic N) is 3. The smallest absolute Gasteiger partial charge is 0.269 e. The molecule has 1 aromatic heterocycles. The van der Waals surface area contributed by atoms with Gasteiger partial charge in [0.15, 0.2) is 0 Å². The lowest BCUT2D eigenvalue weighted by Crippen LogP contribution is -2.04. The Morgan fingerprint density at radius 1 is 1.16 bits per heavy atom. The summed E-state index contributed by atoms with van der Waals surface area (Å²) in [7, 11) is 1.64. The minimum absolute atomic E-state index is 0.0656. The lowest BCUT2D eigenvalue weighted by molar-refractivity contribution is -0.384. The molecule has 0 spiro atoms. The Morgan fingerprint density at radius 2 is 1.88 bits per heavy atom. The Balaban J connectivity index is 1.78. The molecule has 1 aliphatic rings. The molecule has 0 saturated carbocycles. The predicted octanol–water partition coefficient (Wildman–Crippen LogP) is 3.42. The largest absolute Gasteiger partial charge is 0.497 e. The van der Waals surface area contributed by atoms with Gasteiger partial charge in [0, 0.05) is 29.8 Å². The van der Waals surface area contributed by atoms with Gasteiger partial charge >= 0.3 is 0 Å². The fourth-order valence-electron chi connectivity index (χ4n) is 3.06. The standard InChI is InChI=1S/C18H16N4O3/c1-25-15-8-2-12(3-9-15)17-16-10-11-19-18(16)21(20-17)13-4-6-14(7-5-13)22(23)24/h2-9,19H,10-11H2,1H3. The van der Waals surface area contributed by atoms with Crippen LogP contribution >= 0.6 is 0 Å². The van der Waals surface area contributed by atoms with Crippen LogP contribution in [0.1, 0.15) is 5.56 Å². The van der Waals surface area contributed by atoms with E-state index in [1.165, 1.54) is 12.1 Å². The van der Waals surface area contributed by atoms with E-state index in [-0.39, 0.29) is 5.69 Å². The Bertz CT molecular complexity index is 930. The summed E-state index contributed by atoms with van der Waals surface area (Å²) < 4.78 is 7.02. The third-order valence-corrected chi connectivity index (χ3v) is 4.32. The Labute approximate surface area is 144 Å². The van der Waals surface area contributed by atoms with Crippen molar-refractivity contribution in [3.8, 4) is 22.7 Å². The molecule has 3 aromatic rings. The summed E-state index contributed by atoms with van der Waals surface area (Å²) in [6.45, 7) is 0.851. The maximum atomic E-state index is 10.8. The second kappa shape index (κ2) is 5.94. The molecule has 25 heavy (non-hydrogen) atoms. The molecule has 0 unspecified atom stereocenters. The first kappa shape index (κ1) is 15.2. The average molecular weight is 336 g/mol. The SMILES string of the molecule is COc1ccc(-c2nn(-c3ccc([N+](=O)[O-])cc3)c3c2CCN3)cc1. The number of fused-ring (bicyclic) bond motifs is 1. The molecular formula is C18H16N4O3. The van der Waals surface area contributed by atoms with E-state index in [0.29, 0.717) is 0 Å². The van der Waals surface area contributed by atoms with E-state index in [0.717, 1.165) is 47.0 Å². The first-order chi connectivity index (χ1) is 12.2. The first-order valence-corrected chi connectivity index (χ1v) is 7.92. The van der Waals surface area contributed by atoms with E-state index in [9.17, 15) is 10.1 Å². The van der Waals surface area contributed by atoms with E-state index in [1.807, 2.05) is 28.9 Å². The van der Waals surface area contributed by atoms with Gasteiger partial charge in [0.1, 0.15) is 11.6 Å². The number of methoxy groups -OCH3 is 1. The van der Waals surface area contributed by atoms with Crippen molar-refractivity contribution in [1.29, 1.82) is 0 Å². The number of rotatable bonds is 4. The molecule has 0 atom stereocenters. The molecular weight excluding hydrogens is 320 g/mol. The number of hydrogen-bond acceptors (Lipinski definition) is 5. The number of nitro benzene ring substituents is 1. The van der Waals surface area contributed by atoms with Crippen LogP contribution < -0.4 is 10.1 Å². The van der Waals surface area contributed by atoms with Crippen molar-refractivity contribution in [1.82, 2.24) is 9.78 Å². The third kappa shape index (κ3) is 2.59. The van der Waals surface area contributed by atoms with E-state index in [4.69, 9.17) is 9.84 Å². The van der Waals surface area contributed by atoms with E-state index in [2.05, 4.69) is 5.32 Å². The Morgan fingerprint density at radius 3 is 2.52 bits per heavy atom. The van der Waals surface area contributed by atoms with Crippen LogP contribution in [0.3, 0.4) is 0 Å². The fourth-order valence-corrected chi connectivity index (χ4v) is 3.06. The van der Waals surface area contributed by atoms with E-state index in [1.54, 1.807) is 19.2 Å². The summed E-state index contributed by atoms with van der Waals surface area (Å²) in [5.41, 5.74) is 3.94. The maximum Gasteiger partial charge on any atom is 0.269 e. The van der Waals surface area contributed by atoms with Gasteiger partial charge in [-0.3, -0.25) is 10.1 Å². The van der Waals surface area contributed by atoms with Crippen molar-refractivity contribution >= 4 is 11.5 Å². The highest BCUT2D eigenvalue weighted by Gasteiger charge is 2.24. The van der Waals surface area contributed by atoms with E-state index >= 15 is 0 Å². The van der Waals surface area contributed by atoms with Crippen LogP contribution in [0.4, 0.5) is 11.5 Å². The first-order valence-electron chi connectivity index (χ1n) is 7.92. The topological polar surface area (TPSA) is 82.2 Å². The van der Waals surface area contributed by atoms with Crippen molar-refractivity contribution in [2.75, 3.05) is 19.0 Å². The monoisotopic (exact) mass is 336 g/mol. The van der Waals surface area contributed by atoms with Gasteiger partial charge in [0.05, 0.1) is 23.4 Å². The molecule has 0 saturated heterocycles. The second-order valence-electron chi connectivity index (χ2n) is 5.77. The highest BCUT2D eigenvalue weighted by molar-refractivity contribution is 5.73. The number of nitro groups is 1. The van der Waals surface area contributed by atoms with Crippen LogP contribution in [0, 0.1) is 10.1 Å². The van der Waals surface area contributed by atoms with Crippen LogP contribution in [-0.2, 0) is 6.42 Å². The van der Waals surface area contributed by atoms with Gasteiger partial charge < -0.3 is 10.1 Å². The molecule has 0 radical (unpaired) electrons. The number of ether oxygens (including phenoxy) is 1. The Kier molecular flexibility index (Phi) is 3.61. The van der Waals surface area contributed by atoms with Gasteiger partial charge in [-0.05, 0) is 42.8 Å². The number of aromatic nitrogens is 2. The minimum Gasteiger partial charge on any atom is -0.497 e. The average Bonchev–Trinajstić information content (AvgIpc) is 3.24. The van der Waals surface area contributed by atoms with Crippen molar-refractivity contribution in [2.45, 2.75) is 6.42 Å². The van der Waals surface area contributed by atoms with Gasteiger partial charge in [0.25, 0.3) is 5.69 Å². The van der Waals surface area contributed by atoms with Crippen LogP contribution in [0.15, 0.2) is 48.5 Å². The summed E-state index contributed by atoms with van der Waals surface area (Å²) in [5.74, 6) is 1.74. The predicted molar refractivity (Wildman–Crippen MR) is 94.4 cm³/mol. The zero-order valence-corrected chi connectivity index (χ0v) is 13.6. The van der Waals surface area contributed by atoms with Crippen LogP contribution in [0.5, 0.6) is 5.75 Å². The molecule has 126 valence electrons. The lowest BCUT2D eigenvalue weighted by Gasteiger charge is -2.06. The molecule has 4 rings (SSSR count). The van der Waals surface area contributed by atoms with Crippen molar-refractivity contribution in [2.24, 2.45) is 0 Å². The normalized spacial score (nSPS) is 12.5. The summed E-state index contributed by atoms with van der Waals surface area (Å²) in [4.78, 5) is 10.4. The van der Waals surface area contributed by atoms with Gasteiger partial charge in [0.2, 0.25) is 0 Å². The van der Waals surface area contributed by atoms with Crippen LogP contribution in [-0.4, -0.2) is 28.4 Å². The summed E-state index contributed by atoms with van der Waals surface area (Å²) in [5, 5.41) is 18.9. The van der Waals surface area contributed by atoms with Gasteiger partial charge in [-0.1, -0.05) is 0 Å². The molecule has 7 heteroatoms. The molecule has 0 aliphatic carbocycles. The molecule has 1 N–H and O–H groups in total. The zero-order chi connectivity index (χ0) is 17.4. The molecule has 2 heterocycles. The Hall–Kier alpha value is -3.35. The summed E-state index contributed by atoms with van der Waals surface area (Å²) >= 11 is 0. The number of non-ortho nitro benzene ring substituents is 1. The quantitative estimate of drug-likeness (QED) is 0.583. The van der Waals surface area contributed by atoms with Crippen molar-refractivity contribution in [3.05, 3.63) is 64.2 Å². The van der Waals surface area contributed by atoms with E-state index < -0.39 is 4.92 Å². The number of nitrogens with one attached hydrogen (secondary N) is 1. The lowest BCUT2D eigenvalue weighted by atomic mass is 10.1. The highest BCUT2D eigenvalue weighted by atomic mass is 16.6. The number of benzene rings is 2. The van der Waals surface area contributed by atoms with Gasteiger partial charge in [-0.2, -0.15) is 5.10 Å². The zero-order valence-electron chi connectivity index (χ0n) is 13.6. The summed E-state index contributed by atoms with van der Waals surface area (Å²) in [6, 6.07) is 14.2. The van der Waals surface area contributed by atoms with Crippen molar-refractivity contribution < 1.29 is 9.66 Å². The van der Waals surface area contributed by atoms with Gasteiger partial charge in [-0.25, -0.2) is 4.68 Å². The third-order valence-electron chi connectivity index (χ3n) is 4.32. The number of hydrogen-bond donors (Lipinski definition) is 1. The molecule has 1 aliphatic heterocycles. The minimum atomic E-state index is -0.404. The second-order valence-corrected chi connectivity index (χ2v) is 5.77. The maximum absolute atomic E-state index is 10.8. The molecule has 7 nitrogen and oxygen atoms in total. The molecule has 0 amide bonds. The molecule has 0 bridgehead atoms.